The molecule has 0 saturated heterocycles. The zero-order chi connectivity index (χ0) is 18.0. The summed E-state index contributed by atoms with van der Waals surface area (Å²) in [5.74, 6) is -0.771. The number of nitrogens with zero attached hydrogens (tertiary/aromatic N) is 2. The van der Waals surface area contributed by atoms with Crippen LogP contribution in [0.15, 0.2) is 53.0 Å². The average molecular weight is 401 g/mol. The maximum absolute atomic E-state index is 12.3. The Balaban J connectivity index is 1.58. The summed E-state index contributed by atoms with van der Waals surface area (Å²) in [6, 6.07) is 14.5. The number of carbonyl (C=O) groups is 3. The van der Waals surface area contributed by atoms with Gasteiger partial charge in [-0.1, -0.05) is 40.2 Å². The van der Waals surface area contributed by atoms with Gasteiger partial charge in [0.1, 0.15) is 0 Å². The predicted octanol–water partition coefficient (Wildman–Crippen LogP) is 3.09. The molecule has 128 valence electrons. The Morgan fingerprint density at radius 1 is 1.00 bits per heavy atom. The Hall–Kier alpha value is -2.47. The van der Waals surface area contributed by atoms with Gasteiger partial charge in [-0.2, -0.15) is 0 Å². The zero-order valence-corrected chi connectivity index (χ0v) is 15.3. The first-order chi connectivity index (χ1) is 12.0. The van der Waals surface area contributed by atoms with Crippen LogP contribution >= 0.6 is 15.9 Å². The number of amides is 3. The second-order valence-corrected chi connectivity index (χ2v) is 6.85. The van der Waals surface area contributed by atoms with Crippen LogP contribution in [0.3, 0.4) is 0 Å². The van der Waals surface area contributed by atoms with E-state index in [0.29, 0.717) is 17.7 Å². The van der Waals surface area contributed by atoms with Crippen LogP contribution in [-0.4, -0.2) is 41.1 Å². The van der Waals surface area contributed by atoms with Crippen LogP contribution in [0.25, 0.3) is 0 Å². The van der Waals surface area contributed by atoms with Gasteiger partial charge in [0, 0.05) is 31.0 Å². The molecular weight excluding hydrogens is 384 g/mol. The lowest BCUT2D eigenvalue weighted by molar-refractivity contribution is -0.130. The highest BCUT2D eigenvalue weighted by molar-refractivity contribution is 9.10. The van der Waals surface area contributed by atoms with Gasteiger partial charge in [-0.3, -0.25) is 19.3 Å². The van der Waals surface area contributed by atoms with Crippen LogP contribution in [-0.2, 0) is 11.3 Å². The van der Waals surface area contributed by atoms with Crippen molar-refractivity contribution in [2.45, 2.75) is 13.0 Å². The maximum Gasteiger partial charge on any atom is 0.261 e. The molecule has 2 aromatic rings. The molecular formula is C19H17BrN2O3. The van der Waals surface area contributed by atoms with E-state index in [-0.39, 0.29) is 30.7 Å². The third-order valence-electron chi connectivity index (χ3n) is 4.19. The van der Waals surface area contributed by atoms with Crippen molar-refractivity contribution < 1.29 is 14.4 Å². The quantitative estimate of drug-likeness (QED) is 0.724. The van der Waals surface area contributed by atoms with Crippen molar-refractivity contribution in [1.29, 1.82) is 0 Å². The highest BCUT2D eigenvalue weighted by Crippen LogP contribution is 2.22. The van der Waals surface area contributed by atoms with Gasteiger partial charge in [-0.25, -0.2) is 0 Å². The van der Waals surface area contributed by atoms with Crippen LogP contribution in [0.1, 0.15) is 32.7 Å². The lowest BCUT2D eigenvalue weighted by atomic mass is 10.1. The maximum atomic E-state index is 12.3. The second kappa shape index (κ2) is 7.19. The Morgan fingerprint density at radius 3 is 2.12 bits per heavy atom. The van der Waals surface area contributed by atoms with Gasteiger partial charge in [0.05, 0.1) is 11.1 Å². The minimum absolute atomic E-state index is 0.0931. The normalized spacial score (nSPS) is 13.1. The van der Waals surface area contributed by atoms with Crippen LogP contribution in [0.2, 0.25) is 0 Å². The molecule has 2 aromatic carbocycles. The summed E-state index contributed by atoms with van der Waals surface area (Å²) in [5.41, 5.74) is 1.83. The number of rotatable bonds is 5. The summed E-state index contributed by atoms with van der Waals surface area (Å²) in [6.07, 6.45) is 0.110. The SMILES string of the molecule is CN(Cc1ccc(Br)cc1)C(=O)CCN1C(=O)c2ccccc2C1=O. The summed E-state index contributed by atoms with van der Waals surface area (Å²) in [6.45, 7) is 0.574. The molecule has 0 aliphatic carbocycles. The van der Waals surface area contributed by atoms with Gasteiger partial charge in [0.15, 0.2) is 0 Å². The van der Waals surface area contributed by atoms with Crippen molar-refractivity contribution in [3.8, 4) is 0 Å². The molecule has 0 unspecified atom stereocenters. The van der Waals surface area contributed by atoms with Gasteiger partial charge in [0.2, 0.25) is 5.91 Å². The van der Waals surface area contributed by atoms with Crippen LogP contribution in [0.4, 0.5) is 0 Å². The number of carbonyl (C=O) groups excluding carboxylic acids is 3. The van der Waals surface area contributed by atoms with E-state index in [9.17, 15) is 14.4 Å². The highest BCUT2D eigenvalue weighted by Gasteiger charge is 2.35. The molecule has 6 heteroatoms. The molecule has 0 spiro atoms. The van der Waals surface area contributed by atoms with Crippen molar-refractivity contribution in [3.05, 3.63) is 69.7 Å². The van der Waals surface area contributed by atoms with E-state index >= 15 is 0 Å². The van der Waals surface area contributed by atoms with Crippen molar-refractivity contribution in [2.75, 3.05) is 13.6 Å². The zero-order valence-electron chi connectivity index (χ0n) is 13.7. The summed E-state index contributed by atoms with van der Waals surface area (Å²) in [7, 11) is 1.72. The lowest BCUT2D eigenvalue weighted by Crippen LogP contribution is -2.35. The topological polar surface area (TPSA) is 57.7 Å². The Labute approximate surface area is 154 Å². The Bertz CT molecular complexity index is 798. The predicted molar refractivity (Wildman–Crippen MR) is 97.0 cm³/mol. The number of halogens is 1. The van der Waals surface area contributed by atoms with Gasteiger partial charge in [0.25, 0.3) is 11.8 Å². The number of fused-ring (bicyclic) bond motifs is 1. The smallest absolute Gasteiger partial charge is 0.261 e. The molecule has 3 amide bonds. The molecule has 0 atom stereocenters. The van der Waals surface area contributed by atoms with Gasteiger partial charge < -0.3 is 4.90 Å². The molecule has 1 heterocycles. The Kier molecular flexibility index (Phi) is 4.99. The van der Waals surface area contributed by atoms with Crippen LogP contribution in [0, 0.1) is 0 Å². The number of hydrogen-bond donors (Lipinski definition) is 0. The standard InChI is InChI=1S/C19H17BrN2O3/c1-21(12-13-6-8-14(20)9-7-13)17(23)10-11-22-18(24)15-4-2-3-5-16(15)19(22)25/h2-9H,10-12H2,1H3. The molecule has 5 nitrogen and oxygen atoms in total. The van der Waals surface area contributed by atoms with E-state index in [0.717, 1.165) is 14.9 Å². The minimum atomic E-state index is -0.330. The molecule has 0 bridgehead atoms. The first kappa shape index (κ1) is 17.4. The third kappa shape index (κ3) is 3.64. The van der Waals surface area contributed by atoms with Gasteiger partial charge >= 0.3 is 0 Å². The summed E-state index contributed by atoms with van der Waals surface area (Å²) < 4.78 is 0.982. The molecule has 0 saturated carbocycles. The summed E-state index contributed by atoms with van der Waals surface area (Å²) in [5, 5.41) is 0. The van der Waals surface area contributed by atoms with Crippen molar-refractivity contribution >= 4 is 33.7 Å². The summed E-state index contributed by atoms with van der Waals surface area (Å²) in [4.78, 5) is 39.6. The molecule has 1 aliphatic rings. The van der Waals surface area contributed by atoms with E-state index in [1.165, 1.54) is 0 Å². The van der Waals surface area contributed by atoms with E-state index in [2.05, 4.69) is 15.9 Å². The largest absolute Gasteiger partial charge is 0.341 e. The fourth-order valence-corrected chi connectivity index (χ4v) is 3.06. The number of hydrogen-bond acceptors (Lipinski definition) is 3. The van der Waals surface area contributed by atoms with Gasteiger partial charge in [-0.15, -0.1) is 0 Å². The number of imide groups is 1. The molecule has 0 fully saturated rings. The third-order valence-corrected chi connectivity index (χ3v) is 4.71. The van der Waals surface area contributed by atoms with Crippen LogP contribution in [0.5, 0.6) is 0 Å². The minimum Gasteiger partial charge on any atom is -0.341 e. The lowest BCUT2D eigenvalue weighted by Gasteiger charge is -2.19. The van der Waals surface area contributed by atoms with E-state index in [1.54, 1.807) is 36.2 Å². The highest BCUT2D eigenvalue weighted by atomic mass is 79.9. The van der Waals surface area contributed by atoms with E-state index < -0.39 is 0 Å². The average Bonchev–Trinajstić information content (AvgIpc) is 2.86. The molecule has 25 heavy (non-hydrogen) atoms. The monoisotopic (exact) mass is 400 g/mol. The summed E-state index contributed by atoms with van der Waals surface area (Å²) >= 11 is 3.38. The van der Waals surface area contributed by atoms with Gasteiger partial charge in [-0.05, 0) is 29.8 Å². The first-order valence-electron chi connectivity index (χ1n) is 7.91. The van der Waals surface area contributed by atoms with Crippen molar-refractivity contribution in [3.63, 3.8) is 0 Å². The fourth-order valence-electron chi connectivity index (χ4n) is 2.79. The molecule has 0 N–H and O–H groups in total. The fraction of sp³-hybridized carbons (Fsp3) is 0.211. The first-order valence-corrected chi connectivity index (χ1v) is 8.70. The van der Waals surface area contributed by atoms with Crippen molar-refractivity contribution in [1.82, 2.24) is 9.80 Å². The molecule has 0 aromatic heterocycles. The van der Waals surface area contributed by atoms with E-state index in [1.807, 2.05) is 24.3 Å². The second-order valence-electron chi connectivity index (χ2n) is 5.93. The van der Waals surface area contributed by atoms with Crippen LogP contribution < -0.4 is 0 Å². The molecule has 1 aliphatic heterocycles. The van der Waals surface area contributed by atoms with E-state index in [4.69, 9.17) is 0 Å². The molecule has 0 radical (unpaired) electrons. The number of benzene rings is 2. The Morgan fingerprint density at radius 2 is 1.56 bits per heavy atom. The van der Waals surface area contributed by atoms with Crippen molar-refractivity contribution in [2.24, 2.45) is 0 Å². The molecule has 3 rings (SSSR count).